The number of aliphatic hydroxyl groups excluding tert-OH is 1. The second kappa shape index (κ2) is 5.67. The fourth-order valence-corrected chi connectivity index (χ4v) is 1.88. The summed E-state index contributed by atoms with van der Waals surface area (Å²) >= 11 is 0. The summed E-state index contributed by atoms with van der Waals surface area (Å²) in [4.78, 5) is 25.2. The van der Waals surface area contributed by atoms with E-state index in [-0.39, 0.29) is 36.7 Å². The van der Waals surface area contributed by atoms with Gasteiger partial charge in [-0.3, -0.25) is 9.59 Å². The van der Waals surface area contributed by atoms with Crippen LogP contribution in [-0.2, 0) is 9.59 Å². The van der Waals surface area contributed by atoms with E-state index in [4.69, 9.17) is 5.11 Å². The number of carbonyl (C=O) groups excluding carboxylic acids is 2. The Labute approximate surface area is 107 Å². The van der Waals surface area contributed by atoms with Crippen molar-refractivity contribution in [3.63, 3.8) is 0 Å². The highest BCUT2D eigenvalue weighted by Crippen LogP contribution is 2.20. The van der Waals surface area contributed by atoms with Crippen molar-refractivity contribution in [2.24, 2.45) is 5.92 Å². The van der Waals surface area contributed by atoms with Crippen molar-refractivity contribution in [3.05, 3.63) is 0 Å². The normalized spacial score (nSPS) is 23.3. The number of amides is 2. The molecule has 0 aromatic rings. The molecule has 1 aliphatic heterocycles. The molecule has 0 saturated carbocycles. The van der Waals surface area contributed by atoms with Crippen LogP contribution in [-0.4, -0.2) is 58.3 Å². The first-order valence-electron chi connectivity index (χ1n) is 6.17. The predicted molar refractivity (Wildman–Crippen MR) is 65.7 cm³/mol. The topological polar surface area (TPSA) is 89.9 Å². The lowest BCUT2D eigenvalue weighted by Crippen LogP contribution is -2.45. The Hall–Kier alpha value is -1.14. The van der Waals surface area contributed by atoms with E-state index in [1.807, 2.05) is 13.8 Å². The van der Waals surface area contributed by atoms with E-state index in [1.54, 1.807) is 4.90 Å². The Morgan fingerprint density at radius 2 is 2.22 bits per heavy atom. The average Bonchev–Trinajstić information content (AvgIpc) is 2.68. The molecule has 104 valence electrons. The third-order valence-electron chi connectivity index (χ3n) is 3.14. The molecule has 0 aromatic carbocycles. The maximum absolute atomic E-state index is 11.8. The van der Waals surface area contributed by atoms with Crippen molar-refractivity contribution in [1.29, 1.82) is 0 Å². The van der Waals surface area contributed by atoms with Crippen LogP contribution >= 0.6 is 0 Å². The molecule has 1 heterocycles. The molecule has 18 heavy (non-hydrogen) atoms. The highest BCUT2D eigenvalue weighted by molar-refractivity contribution is 5.89. The van der Waals surface area contributed by atoms with Crippen molar-refractivity contribution in [1.82, 2.24) is 10.2 Å². The molecule has 2 amide bonds. The molecule has 0 radical (unpaired) electrons. The van der Waals surface area contributed by atoms with Crippen LogP contribution in [0.4, 0.5) is 0 Å². The molecule has 6 heteroatoms. The Bertz CT molecular complexity index is 328. The summed E-state index contributed by atoms with van der Waals surface area (Å²) < 4.78 is 0. The van der Waals surface area contributed by atoms with Gasteiger partial charge in [0.25, 0.3) is 0 Å². The van der Waals surface area contributed by atoms with Gasteiger partial charge in [-0.05, 0) is 20.8 Å². The minimum absolute atomic E-state index is 0.0148. The van der Waals surface area contributed by atoms with Crippen molar-refractivity contribution in [2.45, 2.75) is 38.8 Å². The molecule has 1 aliphatic rings. The molecule has 0 spiro atoms. The lowest BCUT2D eigenvalue weighted by molar-refractivity contribution is -0.130. The van der Waals surface area contributed by atoms with Crippen molar-refractivity contribution < 1.29 is 19.8 Å². The minimum atomic E-state index is -1.32. The predicted octanol–water partition coefficient (Wildman–Crippen LogP) is -0.897. The van der Waals surface area contributed by atoms with Gasteiger partial charge in [-0.1, -0.05) is 0 Å². The van der Waals surface area contributed by atoms with Gasteiger partial charge in [0.2, 0.25) is 11.8 Å². The Morgan fingerprint density at radius 3 is 2.67 bits per heavy atom. The Kier molecular flexibility index (Phi) is 4.70. The van der Waals surface area contributed by atoms with Crippen molar-refractivity contribution in [2.75, 3.05) is 19.7 Å². The van der Waals surface area contributed by atoms with Crippen LogP contribution in [0.3, 0.4) is 0 Å². The number of likely N-dealkylation sites (tertiary alicyclic amines) is 1. The second-order valence-corrected chi connectivity index (χ2v) is 5.41. The molecule has 0 aliphatic carbocycles. The van der Waals surface area contributed by atoms with E-state index in [0.29, 0.717) is 6.54 Å². The quantitative estimate of drug-likeness (QED) is 0.596. The molecule has 1 rings (SSSR count). The first-order chi connectivity index (χ1) is 8.26. The van der Waals surface area contributed by atoms with Crippen LogP contribution < -0.4 is 5.32 Å². The molecule has 3 N–H and O–H groups in total. The fourth-order valence-electron chi connectivity index (χ4n) is 1.88. The van der Waals surface area contributed by atoms with Crippen molar-refractivity contribution in [3.8, 4) is 0 Å². The highest BCUT2D eigenvalue weighted by atomic mass is 16.3. The van der Waals surface area contributed by atoms with Gasteiger partial charge in [-0.15, -0.1) is 0 Å². The smallest absolute Gasteiger partial charge is 0.225 e. The van der Waals surface area contributed by atoms with Crippen LogP contribution in [0.1, 0.15) is 27.2 Å². The number of aliphatic hydroxyl groups is 2. The molecule has 2 unspecified atom stereocenters. The van der Waals surface area contributed by atoms with E-state index in [2.05, 4.69) is 5.32 Å². The monoisotopic (exact) mass is 258 g/mol. The molecular formula is C12H22N2O4. The first-order valence-corrected chi connectivity index (χ1v) is 6.17. The van der Waals surface area contributed by atoms with E-state index in [9.17, 15) is 14.7 Å². The highest BCUT2D eigenvalue weighted by Gasteiger charge is 2.35. The largest absolute Gasteiger partial charge is 0.393 e. The molecule has 0 bridgehead atoms. The first kappa shape index (κ1) is 14.9. The number of hydrogen-bond acceptors (Lipinski definition) is 4. The fraction of sp³-hybridized carbons (Fsp3) is 0.833. The third kappa shape index (κ3) is 3.68. The summed E-state index contributed by atoms with van der Waals surface area (Å²) in [7, 11) is 0. The van der Waals surface area contributed by atoms with Crippen molar-refractivity contribution >= 4 is 11.8 Å². The van der Waals surface area contributed by atoms with Gasteiger partial charge in [0.1, 0.15) is 5.60 Å². The van der Waals surface area contributed by atoms with Gasteiger partial charge >= 0.3 is 0 Å². The molecular weight excluding hydrogens is 236 g/mol. The Balaban J connectivity index is 2.48. The third-order valence-corrected chi connectivity index (χ3v) is 3.14. The zero-order valence-corrected chi connectivity index (χ0v) is 11.1. The van der Waals surface area contributed by atoms with Crippen LogP contribution in [0.5, 0.6) is 0 Å². The zero-order chi connectivity index (χ0) is 13.9. The lowest BCUT2D eigenvalue weighted by Gasteiger charge is -2.23. The number of rotatable bonds is 5. The molecule has 1 saturated heterocycles. The summed E-state index contributed by atoms with van der Waals surface area (Å²) in [5, 5.41) is 21.0. The number of nitrogens with one attached hydrogen (secondary N) is 1. The zero-order valence-electron chi connectivity index (χ0n) is 11.1. The summed E-state index contributed by atoms with van der Waals surface area (Å²) in [6, 6.07) is 0.0934. The van der Waals surface area contributed by atoms with Gasteiger partial charge in [-0.25, -0.2) is 0 Å². The van der Waals surface area contributed by atoms with Crippen LogP contribution in [0.15, 0.2) is 0 Å². The minimum Gasteiger partial charge on any atom is -0.393 e. The van der Waals surface area contributed by atoms with E-state index >= 15 is 0 Å². The molecule has 0 aromatic heterocycles. The summed E-state index contributed by atoms with van der Waals surface area (Å²) in [5.41, 5.74) is -1.32. The Morgan fingerprint density at radius 1 is 1.61 bits per heavy atom. The molecule has 1 fully saturated rings. The van der Waals surface area contributed by atoms with Crippen LogP contribution in [0.25, 0.3) is 0 Å². The summed E-state index contributed by atoms with van der Waals surface area (Å²) in [5.74, 6) is -0.631. The van der Waals surface area contributed by atoms with E-state index in [1.165, 1.54) is 6.92 Å². The van der Waals surface area contributed by atoms with Gasteiger partial charge < -0.3 is 20.4 Å². The maximum atomic E-state index is 11.8. The van der Waals surface area contributed by atoms with Crippen LogP contribution in [0.2, 0.25) is 0 Å². The standard InChI is InChI=1S/C12H22N2O4/c1-8(2)14-5-9(4-10(14)16)11(17)13-6-12(3,18)7-15/h8-9,15,18H,4-7H2,1-3H3,(H,13,17). The van der Waals surface area contributed by atoms with Gasteiger partial charge in [0.15, 0.2) is 0 Å². The van der Waals surface area contributed by atoms with Gasteiger partial charge in [0.05, 0.1) is 12.5 Å². The SMILES string of the molecule is CC(C)N1CC(C(=O)NCC(C)(O)CO)CC1=O. The summed E-state index contributed by atoms with van der Waals surface area (Å²) in [6.07, 6.45) is 0.214. The second-order valence-electron chi connectivity index (χ2n) is 5.41. The lowest BCUT2D eigenvalue weighted by atomic mass is 10.1. The van der Waals surface area contributed by atoms with Gasteiger partial charge in [0, 0.05) is 25.6 Å². The van der Waals surface area contributed by atoms with E-state index in [0.717, 1.165) is 0 Å². The summed E-state index contributed by atoms with van der Waals surface area (Å²) in [6.45, 7) is 5.24. The number of hydrogen-bond donors (Lipinski definition) is 3. The van der Waals surface area contributed by atoms with E-state index < -0.39 is 12.2 Å². The maximum Gasteiger partial charge on any atom is 0.225 e. The molecule has 6 nitrogen and oxygen atoms in total. The van der Waals surface area contributed by atoms with Gasteiger partial charge in [-0.2, -0.15) is 0 Å². The average molecular weight is 258 g/mol. The molecule has 2 atom stereocenters. The number of carbonyl (C=O) groups is 2. The van der Waals surface area contributed by atoms with Crippen LogP contribution in [0, 0.1) is 5.92 Å². The number of nitrogens with zero attached hydrogens (tertiary/aromatic N) is 1.